The highest BCUT2D eigenvalue weighted by Crippen LogP contribution is 2.28. The number of rotatable bonds is 4. The molecule has 0 unspecified atom stereocenters. The lowest BCUT2D eigenvalue weighted by molar-refractivity contribution is -0.118. The number of fused-ring (bicyclic) bond motifs is 1. The molecule has 4 heteroatoms. The Labute approximate surface area is 101 Å². The second kappa shape index (κ2) is 5.50. The van der Waals surface area contributed by atoms with E-state index < -0.39 is 0 Å². The van der Waals surface area contributed by atoms with Gasteiger partial charge in [-0.3, -0.25) is 4.79 Å². The van der Waals surface area contributed by atoms with E-state index in [0.29, 0.717) is 0 Å². The Hall–Kier alpha value is -1.81. The van der Waals surface area contributed by atoms with Gasteiger partial charge < -0.3 is 15.4 Å². The van der Waals surface area contributed by atoms with Gasteiger partial charge in [-0.15, -0.1) is 0 Å². The third-order valence-electron chi connectivity index (χ3n) is 2.51. The second-order valence-corrected chi connectivity index (χ2v) is 3.89. The molecule has 0 atom stereocenters. The normalized spacial score (nSPS) is 14.3. The summed E-state index contributed by atoms with van der Waals surface area (Å²) in [5.74, 6) is 0.634. The molecule has 0 aromatic heterocycles. The number of benzene rings is 1. The van der Waals surface area contributed by atoms with Gasteiger partial charge in [-0.1, -0.05) is 18.2 Å². The molecule has 1 heterocycles. The van der Waals surface area contributed by atoms with Crippen LogP contribution < -0.4 is 15.4 Å². The van der Waals surface area contributed by atoms with Gasteiger partial charge >= 0.3 is 0 Å². The zero-order chi connectivity index (χ0) is 12.1. The number of carbonyl (C=O) groups excluding carboxylic acids is 1. The van der Waals surface area contributed by atoms with Gasteiger partial charge in [-0.05, 0) is 37.7 Å². The number of ether oxygens (including phenoxy) is 1. The third-order valence-corrected chi connectivity index (χ3v) is 2.51. The molecule has 90 valence electrons. The SMILES string of the molecule is CNCCC=Cc1ccc2c(c1)OCC(=O)N2. The largest absolute Gasteiger partial charge is 0.482 e. The minimum atomic E-state index is -0.102. The highest BCUT2D eigenvalue weighted by Gasteiger charge is 2.15. The number of amides is 1. The molecule has 4 nitrogen and oxygen atoms in total. The van der Waals surface area contributed by atoms with E-state index in [1.807, 2.05) is 25.2 Å². The molecular weight excluding hydrogens is 216 g/mol. The molecule has 2 rings (SSSR count). The number of anilines is 1. The van der Waals surface area contributed by atoms with Gasteiger partial charge in [-0.2, -0.15) is 0 Å². The van der Waals surface area contributed by atoms with Crippen molar-refractivity contribution < 1.29 is 9.53 Å². The predicted molar refractivity (Wildman–Crippen MR) is 68.1 cm³/mol. The highest BCUT2D eigenvalue weighted by molar-refractivity contribution is 5.95. The Kier molecular flexibility index (Phi) is 3.77. The molecule has 0 fully saturated rings. The quantitative estimate of drug-likeness (QED) is 0.776. The highest BCUT2D eigenvalue weighted by atomic mass is 16.5. The zero-order valence-corrected chi connectivity index (χ0v) is 9.82. The number of hydrogen-bond acceptors (Lipinski definition) is 3. The summed E-state index contributed by atoms with van der Waals surface area (Å²) in [6.45, 7) is 1.06. The Morgan fingerprint density at radius 3 is 3.24 bits per heavy atom. The molecule has 0 aliphatic carbocycles. The lowest BCUT2D eigenvalue weighted by Crippen LogP contribution is -2.25. The molecule has 0 radical (unpaired) electrons. The molecule has 1 amide bonds. The van der Waals surface area contributed by atoms with Crippen molar-refractivity contribution in [1.29, 1.82) is 0 Å². The molecule has 1 aliphatic heterocycles. The molecule has 1 aromatic rings. The first kappa shape index (κ1) is 11.7. The van der Waals surface area contributed by atoms with Crippen molar-refractivity contribution in [3.8, 4) is 5.75 Å². The fourth-order valence-corrected chi connectivity index (χ4v) is 1.64. The van der Waals surface area contributed by atoms with Crippen LogP contribution in [-0.2, 0) is 4.79 Å². The van der Waals surface area contributed by atoms with E-state index in [2.05, 4.69) is 22.8 Å². The topological polar surface area (TPSA) is 50.4 Å². The van der Waals surface area contributed by atoms with Crippen LogP contribution in [0.1, 0.15) is 12.0 Å². The molecule has 1 aliphatic rings. The van der Waals surface area contributed by atoms with Crippen molar-refractivity contribution in [1.82, 2.24) is 5.32 Å². The molecule has 0 bridgehead atoms. The third kappa shape index (κ3) is 3.07. The van der Waals surface area contributed by atoms with Gasteiger partial charge in [0.25, 0.3) is 5.91 Å². The minimum absolute atomic E-state index is 0.0971. The van der Waals surface area contributed by atoms with E-state index in [4.69, 9.17) is 4.74 Å². The molecule has 1 aromatic carbocycles. The average molecular weight is 232 g/mol. The predicted octanol–water partition coefficient (Wildman–Crippen LogP) is 1.64. The smallest absolute Gasteiger partial charge is 0.262 e. The second-order valence-electron chi connectivity index (χ2n) is 3.89. The van der Waals surface area contributed by atoms with E-state index in [1.165, 1.54) is 0 Å². The van der Waals surface area contributed by atoms with E-state index in [-0.39, 0.29) is 12.5 Å². The summed E-state index contributed by atoms with van der Waals surface area (Å²) in [7, 11) is 1.93. The standard InChI is InChI=1S/C13H16N2O2/c1-14-7-3-2-4-10-5-6-11-12(8-10)17-9-13(16)15-11/h2,4-6,8,14H,3,7,9H2,1H3,(H,15,16). The first-order valence-corrected chi connectivity index (χ1v) is 5.67. The van der Waals surface area contributed by atoms with Gasteiger partial charge in [0, 0.05) is 0 Å². The maximum absolute atomic E-state index is 11.1. The number of nitrogens with one attached hydrogen (secondary N) is 2. The maximum Gasteiger partial charge on any atom is 0.262 e. The van der Waals surface area contributed by atoms with Gasteiger partial charge in [0.15, 0.2) is 6.61 Å². The van der Waals surface area contributed by atoms with Gasteiger partial charge in [0.2, 0.25) is 0 Å². The summed E-state index contributed by atoms with van der Waals surface area (Å²) < 4.78 is 5.35. The Morgan fingerprint density at radius 1 is 1.53 bits per heavy atom. The molecular formula is C13H16N2O2. The Bertz CT molecular complexity index is 441. The fraction of sp³-hybridized carbons (Fsp3) is 0.308. The minimum Gasteiger partial charge on any atom is -0.482 e. The van der Waals surface area contributed by atoms with Crippen molar-refractivity contribution in [2.24, 2.45) is 0 Å². The molecule has 0 spiro atoms. The van der Waals surface area contributed by atoms with Crippen LogP contribution in [-0.4, -0.2) is 26.1 Å². The summed E-state index contributed by atoms with van der Waals surface area (Å²) in [6.07, 6.45) is 5.15. The molecule has 0 saturated heterocycles. The Morgan fingerprint density at radius 2 is 2.41 bits per heavy atom. The summed E-state index contributed by atoms with van der Waals surface area (Å²) >= 11 is 0. The van der Waals surface area contributed by atoms with Crippen LogP contribution >= 0.6 is 0 Å². The van der Waals surface area contributed by atoms with Crippen molar-refractivity contribution in [2.45, 2.75) is 6.42 Å². The van der Waals surface area contributed by atoms with E-state index in [0.717, 1.165) is 30.0 Å². The maximum atomic E-state index is 11.1. The molecule has 2 N–H and O–H groups in total. The fourth-order valence-electron chi connectivity index (χ4n) is 1.64. The Balaban J connectivity index is 2.06. The summed E-state index contributed by atoms with van der Waals surface area (Å²) in [4.78, 5) is 11.1. The summed E-state index contributed by atoms with van der Waals surface area (Å²) in [5, 5.41) is 5.85. The van der Waals surface area contributed by atoms with Crippen LogP contribution in [0.25, 0.3) is 6.08 Å². The molecule has 0 saturated carbocycles. The van der Waals surface area contributed by atoms with Crippen LogP contribution in [0, 0.1) is 0 Å². The molecule has 17 heavy (non-hydrogen) atoms. The monoisotopic (exact) mass is 232 g/mol. The average Bonchev–Trinajstić information content (AvgIpc) is 2.35. The van der Waals surface area contributed by atoms with Gasteiger partial charge in [-0.25, -0.2) is 0 Å². The van der Waals surface area contributed by atoms with Crippen LogP contribution in [0.5, 0.6) is 5.75 Å². The lowest BCUT2D eigenvalue weighted by atomic mass is 10.1. The van der Waals surface area contributed by atoms with Gasteiger partial charge in [0.05, 0.1) is 5.69 Å². The van der Waals surface area contributed by atoms with Crippen molar-refractivity contribution >= 4 is 17.7 Å². The number of hydrogen-bond donors (Lipinski definition) is 2. The van der Waals surface area contributed by atoms with Crippen LogP contribution in [0.4, 0.5) is 5.69 Å². The van der Waals surface area contributed by atoms with Crippen LogP contribution in [0.2, 0.25) is 0 Å². The van der Waals surface area contributed by atoms with E-state index in [9.17, 15) is 4.79 Å². The van der Waals surface area contributed by atoms with Crippen molar-refractivity contribution in [3.05, 3.63) is 29.8 Å². The van der Waals surface area contributed by atoms with Crippen molar-refractivity contribution in [3.63, 3.8) is 0 Å². The zero-order valence-electron chi connectivity index (χ0n) is 9.82. The lowest BCUT2D eigenvalue weighted by Gasteiger charge is -2.17. The van der Waals surface area contributed by atoms with Crippen LogP contribution in [0.15, 0.2) is 24.3 Å². The summed E-state index contributed by atoms with van der Waals surface area (Å²) in [6, 6.07) is 5.76. The van der Waals surface area contributed by atoms with E-state index in [1.54, 1.807) is 0 Å². The number of carbonyl (C=O) groups is 1. The van der Waals surface area contributed by atoms with E-state index >= 15 is 0 Å². The van der Waals surface area contributed by atoms with Crippen LogP contribution in [0.3, 0.4) is 0 Å². The first-order chi connectivity index (χ1) is 8.29. The summed E-state index contributed by atoms with van der Waals surface area (Å²) in [5.41, 5.74) is 1.82. The van der Waals surface area contributed by atoms with Crippen molar-refractivity contribution in [2.75, 3.05) is 25.5 Å². The van der Waals surface area contributed by atoms with Gasteiger partial charge in [0.1, 0.15) is 5.75 Å². The first-order valence-electron chi connectivity index (χ1n) is 5.67.